The number of rotatable bonds is 6. The SMILES string of the molecule is CN=C(NCc1cccc(OC2CCCCC2)c1)NCC1CC(=O)Nc2ccccc21.I. The molecule has 32 heavy (non-hydrogen) atoms. The van der Waals surface area contributed by atoms with E-state index in [1.165, 1.54) is 19.3 Å². The van der Waals surface area contributed by atoms with Gasteiger partial charge in [0.05, 0.1) is 6.10 Å². The highest BCUT2D eigenvalue weighted by atomic mass is 127. The Balaban J connectivity index is 0.00000289. The van der Waals surface area contributed by atoms with Crippen molar-refractivity contribution in [2.45, 2.75) is 57.1 Å². The summed E-state index contributed by atoms with van der Waals surface area (Å²) in [5.41, 5.74) is 3.22. The van der Waals surface area contributed by atoms with Crippen molar-refractivity contribution in [3.8, 4) is 5.75 Å². The molecule has 6 nitrogen and oxygen atoms in total. The third kappa shape index (κ3) is 6.60. The standard InChI is InChI=1S/C25H32N4O2.HI/c1-26-25(28-17-19-15-24(30)29-23-13-6-5-12-22(19)23)27-16-18-8-7-11-21(14-18)31-20-9-3-2-4-10-20;/h5-8,11-14,19-20H,2-4,9-10,15-17H2,1H3,(H,29,30)(H2,26,27,28);1H. The minimum Gasteiger partial charge on any atom is -0.490 e. The van der Waals surface area contributed by atoms with Crippen LogP contribution < -0.4 is 20.7 Å². The number of nitrogens with zero attached hydrogens (tertiary/aromatic N) is 1. The van der Waals surface area contributed by atoms with Crippen LogP contribution in [0.15, 0.2) is 53.5 Å². The quantitative estimate of drug-likeness (QED) is 0.275. The lowest BCUT2D eigenvalue weighted by molar-refractivity contribution is -0.116. The molecule has 3 N–H and O–H groups in total. The summed E-state index contributed by atoms with van der Waals surface area (Å²) in [6.45, 7) is 1.30. The maximum atomic E-state index is 12.0. The summed E-state index contributed by atoms with van der Waals surface area (Å²) < 4.78 is 6.19. The third-order valence-corrected chi connectivity index (χ3v) is 6.06. The van der Waals surface area contributed by atoms with Crippen LogP contribution in [0.25, 0.3) is 0 Å². The molecule has 1 atom stereocenters. The van der Waals surface area contributed by atoms with Gasteiger partial charge in [0.1, 0.15) is 5.75 Å². The van der Waals surface area contributed by atoms with Gasteiger partial charge in [0.25, 0.3) is 0 Å². The zero-order valence-corrected chi connectivity index (χ0v) is 20.9. The van der Waals surface area contributed by atoms with Gasteiger partial charge < -0.3 is 20.7 Å². The van der Waals surface area contributed by atoms with E-state index >= 15 is 0 Å². The number of hydrogen-bond acceptors (Lipinski definition) is 3. The summed E-state index contributed by atoms with van der Waals surface area (Å²) in [4.78, 5) is 16.4. The first kappa shape index (κ1) is 24.4. The first-order valence-corrected chi connectivity index (χ1v) is 11.3. The van der Waals surface area contributed by atoms with Crippen LogP contribution in [0.4, 0.5) is 5.69 Å². The number of ether oxygens (including phenoxy) is 1. The molecule has 0 spiro atoms. The number of aliphatic imine (C=N–C) groups is 1. The van der Waals surface area contributed by atoms with Gasteiger partial charge in [-0.3, -0.25) is 9.79 Å². The molecular weight excluding hydrogens is 515 g/mol. The van der Waals surface area contributed by atoms with E-state index in [1.807, 2.05) is 30.3 Å². The smallest absolute Gasteiger partial charge is 0.225 e. The summed E-state index contributed by atoms with van der Waals surface area (Å²) >= 11 is 0. The Morgan fingerprint density at radius 2 is 1.91 bits per heavy atom. The number of anilines is 1. The predicted molar refractivity (Wildman–Crippen MR) is 140 cm³/mol. The fourth-order valence-corrected chi connectivity index (χ4v) is 4.41. The molecule has 1 aliphatic heterocycles. The predicted octanol–water partition coefficient (Wildman–Crippen LogP) is 4.81. The minimum absolute atomic E-state index is 0. The Kier molecular flexibility index (Phi) is 9.20. The van der Waals surface area contributed by atoms with Crippen molar-refractivity contribution in [3.05, 3.63) is 59.7 Å². The van der Waals surface area contributed by atoms with Crippen molar-refractivity contribution in [3.63, 3.8) is 0 Å². The van der Waals surface area contributed by atoms with Crippen molar-refractivity contribution in [2.24, 2.45) is 4.99 Å². The van der Waals surface area contributed by atoms with Crippen LogP contribution in [-0.2, 0) is 11.3 Å². The second kappa shape index (κ2) is 12.1. The number of carbonyl (C=O) groups is 1. The second-order valence-corrected chi connectivity index (χ2v) is 8.37. The van der Waals surface area contributed by atoms with Crippen molar-refractivity contribution in [1.29, 1.82) is 0 Å². The van der Waals surface area contributed by atoms with E-state index in [0.29, 0.717) is 25.6 Å². The van der Waals surface area contributed by atoms with Gasteiger partial charge in [-0.15, -0.1) is 24.0 Å². The monoisotopic (exact) mass is 548 g/mol. The summed E-state index contributed by atoms with van der Waals surface area (Å²) in [6.07, 6.45) is 6.99. The van der Waals surface area contributed by atoms with Gasteiger partial charge in [0.2, 0.25) is 5.91 Å². The van der Waals surface area contributed by atoms with E-state index in [1.54, 1.807) is 7.05 Å². The molecule has 2 aromatic carbocycles. The Bertz CT molecular complexity index is 928. The molecule has 0 bridgehead atoms. The zero-order chi connectivity index (χ0) is 21.5. The summed E-state index contributed by atoms with van der Waals surface area (Å²) in [5.74, 6) is 1.85. The maximum Gasteiger partial charge on any atom is 0.225 e. The fraction of sp³-hybridized carbons (Fsp3) is 0.440. The summed E-state index contributed by atoms with van der Waals surface area (Å²) in [6, 6.07) is 16.3. The highest BCUT2D eigenvalue weighted by Crippen LogP contribution is 2.31. The molecular formula is C25H33IN4O2. The number of amides is 1. The van der Waals surface area contributed by atoms with E-state index in [4.69, 9.17) is 4.74 Å². The van der Waals surface area contributed by atoms with Crippen LogP contribution in [0.1, 0.15) is 55.6 Å². The van der Waals surface area contributed by atoms with Gasteiger partial charge in [-0.1, -0.05) is 36.8 Å². The topological polar surface area (TPSA) is 74.8 Å². The number of benzene rings is 2. The average molecular weight is 548 g/mol. The number of guanidine groups is 1. The molecule has 1 fully saturated rings. The lowest BCUT2D eigenvalue weighted by atomic mass is 9.90. The van der Waals surface area contributed by atoms with Gasteiger partial charge >= 0.3 is 0 Å². The molecule has 1 aliphatic carbocycles. The lowest BCUT2D eigenvalue weighted by Crippen LogP contribution is -2.40. The average Bonchev–Trinajstić information content (AvgIpc) is 2.80. The van der Waals surface area contributed by atoms with Gasteiger partial charge in [-0.2, -0.15) is 0 Å². The van der Waals surface area contributed by atoms with E-state index in [2.05, 4.69) is 39.1 Å². The van der Waals surface area contributed by atoms with Gasteiger partial charge in [0.15, 0.2) is 5.96 Å². The Morgan fingerprint density at radius 1 is 1.09 bits per heavy atom. The van der Waals surface area contributed by atoms with Crippen LogP contribution in [0.3, 0.4) is 0 Å². The normalized spacial score (nSPS) is 18.7. The van der Waals surface area contributed by atoms with Crippen LogP contribution in [-0.4, -0.2) is 31.6 Å². The number of nitrogens with one attached hydrogen (secondary N) is 3. The Hall–Kier alpha value is -2.29. The molecule has 7 heteroatoms. The number of hydrogen-bond donors (Lipinski definition) is 3. The molecule has 1 unspecified atom stereocenters. The number of halogens is 1. The molecule has 0 aromatic heterocycles. The second-order valence-electron chi connectivity index (χ2n) is 8.37. The van der Waals surface area contributed by atoms with E-state index in [0.717, 1.165) is 41.4 Å². The van der Waals surface area contributed by atoms with Crippen LogP contribution >= 0.6 is 24.0 Å². The first-order chi connectivity index (χ1) is 15.2. The number of para-hydroxylation sites is 1. The molecule has 172 valence electrons. The highest BCUT2D eigenvalue weighted by Gasteiger charge is 2.24. The molecule has 1 saturated carbocycles. The van der Waals surface area contributed by atoms with Crippen molar-refractivity contribution < 1.29 is 9.53 Å². The molecule has 2 aromatic rings. The van der Waals surface area contributed by atoms with Crippen molar-refractivity contribution in [1.82, 2.24) is 10.6 Å². The molecule has 0 radical (unpaired) electrons. The van der Waals surface area contributed by atoms with E-state index in [9.17, 15) is 4.79 Å². The summed E-state index contributed by atoms with van der Waals surface area (Å²) in [5, 5.41) is 9.70. The Labute approximate surface area is 207 Å². The van der Waals surface area contributed by atoms with Gasteiger partial charge in [-0.25, -0.2) is 0 Å². The van der Waals surface area contributed by atoms with E-state index < -0.39 is 0 Å². The largest absolute Gasteiger partial charge is 0.490 e. The lowest BCUT2D eigenvalue weighted by Gasteiger charge is -2.26. The first-order valence-electron chi connectivity index (χ1n) is 11.3. The van der Waals surface area contributed by atoms with Crippen LogP contribution in [0.5, 0.6) is 5.75 Å². The zero-order valence-electron chi connectivity index (χ0n) is 18.6. The Morgan fingerprint density at radius 3 is 2.72 bits per heavy atom. The fourth-order valence-electron chi connectivity index (χ4n) is 4.41. The van der Waals surface area contributed by atoms with Crippen LogP contribution in [0.2, 0.25) is 0 Å². The van der Waals surface area contributed by atoms with Crippen LogP contribution in [0, 0.1) is 0 Å². The maximum absolute atomic E-state index is 12.0. The number of carbonyl (C=O) groups excluding carboxylic acids is 1. The van der Waals surface area contributed by atoms with Gasteiger partial charge in [-0.05, 0) is 55.0 Å². The number of fused-ring (bicyclic) bond motifs is 1. The highest BCUT2D eigenvalue weighted by molar-refractivity contribution is 14.0. The van der Waals surface area contributed by atoms with E-state index in [-0.39, 0.29) is 35.8 Å². The molecule has 1 amide bonds. The van der Waals surface area contributed by atoms with Crippen molar-refractivity contribution >= 4 is 41.5 Å². The van der Waals surface area contributed by atoms with Gasteiger partial charge in [0, 0.05) is 38.2 Å². The minimum atomic E-state index is 0. The third-order valence-electron chi connectivity index (χ3n) is 6.06. The van der Waals surface area contributed by atoms with Crippen molar-refractivity contribution in [2.75, 3.05) is 18.9 Å². The molecule has 1 heterocycles. The molecule has 0 saturated heterocycles. The molecule has 2 aliphatic rings. The summed E-state index contributed by atoms with van der Waals surface area (Å²) in [7, 11) is 1.76. The molecule has 4 rings (SSSR count).